The summed E-state index contributed by atoms with van der Waals surface area (Å²) in [6.07, 6.45) is 3.60. The fraction of sp³-hybridized carbons (Fsp3) is 0.308. The lowest BCUT2D eigenvalue weighted by Gasteiger charge is -2.06. The molecular formula is C13H18N4O2S. The Morgan fingerprint density at radius 2 is 2.00 bits per heavy atom. The van der Waals surface area contributed by atoms with E-state index in [4.69, 9.17) is 5.73 Å². The number of hydrogen-bond donors (Lipinski definition) is 2. The fourth-order valence-corrected chi connectivity index (χ4v) is 2.71. The number of rotatable bonds is 6. The highest BCUT2D eigenvalue weighted by atomic mass is 32.2. The van der Waals surface area contributed by atoms with Crippen molar-refractivity contribution in [3.8, 4) is 0 Å². The van der Waals surface area contributed by atoms with Crippen molar-refractivity contribution in [3.05, 3.63) is 42.2 Å². The van der Waals surface area contributed by atoms with Crippen molar-refractivity contribution in [1.82, 2.24) is 9.78 Å². The SMILES string of the molecule is Cc1ccc(NS(=O)(=O)c2cnn(CCCN)c2)cc1. The van der Waals surface area contributed by atoms with Crippen molar-refractivity contribution in [2.45, 2.75) is 24.8 Å². The topological polar surface area (TPSA) is 90.0 Å². The molecule has 1 aromatic carbocycles. The van der Waals surface area contributed by atoms with E-state index >= 15 is 0 Å². The molecule has 0 radical (unpaired) electrons. The Hall–Kier alpha value is -1.86. The first kappa shape index (κ1) is 14.5. The summed E-state index contributed by atoms with van der Waals surface area (Å²) in [5, 5.41) is 4.02. The molecule has 0 aliphatic heterocycles. The van der Waals surface area contributed by atoms with Crippen LogP contribution in [0, 0.1) is 6.92 Å². The molecule has 0 amide bonds. The number of aromatic nitrogens is 2. The van der Waals surface area contributed by atoms with Gasteiger partial charge >= 0.3 is 0 Å². The van der Waals surface area contributed by atoms with Crippen LogP contribution in [-0.2, 0) is 16.6 Å². The van der Waals surface area contributed by atoms with E-state index in [-0.39, 0.29) is 4.90 Å². The molecule has 0 atom stereocenters. The molecule has 7 heteroatoms. The zero-order valence-electron chi connectivity index (χ0n) is 11.3. The molecule has 0 saturated heterocycles. The number of benzene rings is 1. The van der Waals surface area contributed by atoms with E-state index < -0.39 is 10.0 Å². The molecule has 0 spiro atoms. The van der Waals surface area contributed by atoms with Crippen LogP contribution >= 0.6 is 0 Å². The summed E-state index contributed by atoms with van der Waals surface area (Å²) in [6.45, 7) is 3.10. The number of anilines is 1. The van der Waals surface area contributed by atoms with Crippen LogP contribution in [0.25, 0.3) is 0 Å². The lowest BCUT2D eigenvalue weighted by Crippen LogP contribution is -2.12. The second kappa shape index (κ2) is 6.06. The van der Waals surface area contributed by atoms with Crippen molar-refractivity contribution in [1.29, 1.82) is 0 Å². The summed E-state index contributed by atoms with van der Waals surface area (Å²) in [4.78, 5) is 0.148. The predicted octanol–water partition coefficient (Wildman–Crippen LogP) is 1.34. The smallest absolute Gasteiger partial charge is 0.265 e. The van der Waals surface area contributed by atoms with E-state index in [1.54, 1.807) is 16.8 Å². The minimum absolute atomic E-state index is 0.148. The third-order valence-electron chi connectivity index (χ3n) is 2.81. The molecule has 3 N–H and O–H groups in total. The molecule has 0 aliphatic rings. The maximum absolute atomic E-state index is 12.2. The van der Waals surface area contributed by atoms with Gasteiger partial charge in [-0.25, -0.2) is 8.42 Å². The van der Waals surface area contributed by atoms with E-state index in [2.05, 4.69) is 9.82 Å². The first-order chi connectivity index (χ1) is 9.51. The summed E-state index contributed by atoms with van der Waals surface area (Å²) in [5.74, 6) is 0. The molecule has 108 valence electrons. The fourth-order valence-electron chi connectivity index (χ4n) is 1.69. The van der Waals surface area contributed by atoms with Gasteiger partial charge in [0.25, 0.3) is 10.0 Å². The standard InChI is InChI=1S/C13H18N4O2S/c1-11-3-5-12(6-4-11)16-20(18,19)13-9-15-17(10-13)8-2-7-14/h3-6,9-10,16H,2,7-8,14H2,1H3. The zero-order chi connectivity index (χ0) is 14.6. The minimum atomic E-state index is -3.59. The summed E-state index contributed by atoms with van der Waals surface area (Å²) in [7, 11) is -3.59. The number of nitrogens with zero attached hydrogens (tertiary/aromatic N) is 2. The van der Waals surface area contributed by atoms with Gasteiger partial charge in [0.1, 0.15) is 4.90 Å². The predicted molar refractivity (Wildman–Crippen MR) is 77.9 cm³/mol. The number of sulfonamides is 1. The number of hydrogen-bond acceptors (Lipinski definition) is 4. The lowest BCUT2D eigenvalue weighted by molar-refractivity contribution is 0.582. The average molecular weight is 294 g/mol. The van der Waals surface area contributed by atoms with E-state index in [9.17, 15) is 8.42 Å². The van der Waals surface area contributed by atoms with Gasteiger partial charge in [-0.15, -0.1) is 0 Å². The second-order valence-electron chi connectivity index (χ2n) is 4.55. The van der Waals surface area contributed by atoms with Gasteiger partial charge < -0.3 is 5.73 Å². The Balaban J connectivity index is 2.13. The van der Waals surface area contributed by atoms with Gasteiger partial charge in [-0.3, -0.25) is 9.40 Å². The van der Waals surface area contributed by atoms with Gasteiger partial charge in [-0.05, 0) is 32.0 Å². The molecule has 6 nitrogen and oxygen atoms in total. The van der Waals surface area contributed by atoms with E-state index in [0.717, 1.165) is 12.0 Å². The molecule has 1 heterocycles. The Morgan fingerprint density at radius 3 is 2.65 bits per heavy atom. The molecule has 0 saturated carbocycles. The van der Waals surface area contributed by atoms with Gasteiger partial charge in [0.15, 0.2) is 0 Å². The van der Waals surface area contributed by atoms with E-state index in [1.807, 2.05) is 19.1 Å². The van der Waals surface area contributed by atoms with E-state index in [0.29, 0.717) is 18.8 Å². The molecule has 1 aromatic heterocycles. The molecule has 2 rings (SSSR count). The van der Waals surface area contributed by atoms with Crippen molar-refractivity contribution in [2.24, 2.45) is 5.73 Å². The lowest BCUT2D eigenvalue weighted by atomic mass is 10.2. The van der Waals surface area contributed by atoms with Crippen LogP contribution < -0.4 is 10.5 Å². The van der Waals surface area contributed by atoms with Crippen molar-refractivity contribution in [2.75, 3.05) is 11.3 Å². The van der Waals surface area contributed by atoms with Crippen LogP contribution in [0.1, 0.15) is 12.0 Å². The first-order valence-corrected chi connectivity index (χ1v) is 7.81. The Kier molecular flexibility index (Phi) is 4.41. The van der Waals surface area contributed by atoms with Gasteiger partial charge in [0.2, 0.25) is 0 Å². The highest BCUT2D eigenvalue weighted by Gasteiger charge is 2.16. The van der Waals surface area contributed by atoms with Crippen LogP contribution in [0.3, 0.4) is 0 Å². The summed E-state index contributed by atoms with van der Waals surface area (Å²) in [5.41, 5.74) is 7.02. The van der Waals surface area contributed by atoms with Crippen molar-refractivity contribution >= 4 is 15.7 Å². The quantitative estimate of drug-likeness (QED) is 0.841. The van der Waals surface area contributed by atoms with Gasteiger partial charge in [0.05, 0.1) is 6.20 Å². The molecule has 2 aromatic rings. The van der Waals surface area contributed by atoms with Crippen LogP contribution in [0.4, 0.5) is 5.69 Å². The van der Waals surface area contributed by atoms with Gasteiger partial charge in [0, 0.05) is 18.4 Å². The maximum atomic E-state index is 12.2. The molecule has 20 heavy (non-hydrogen) atoms. The molecule has 0 fully saturated rings. The monoisotopic (exact) mass is 294 g/mol. The normalized spacial score (nSPS) is 11.5. The Labute approximate surface area is 118 Å². The third-order valence-corrected chi connectivity index (χ3v) is 4.15. The molecule has 0 unspecified atom stereocenters. The van der Waals surface area contributed by atoms with Crippen molar-refractivity contribution < 1.29 is 8.42 Å². The number of nitrogens with two attached hydrogens (primary N) is 1. The summed E-state index contributed by atoms with van der Waals surface area (Å²) in [6, 6.07) is 7.16. The Morgan fingerprint density at radius 1 is 1.30 bits per heavy atom. The summed E-state index contributed by atoms with van der Waals surface area (Å²) < 4.78 is 28.5. The highest BCUT2D eigenvalue weighted by Crippen LogP contribution is 2.16. The Bertz CT molecular complexity index is 662. The van der Waals surface area contributed by atoms with Crippen LogP contribution in [0.2, 0.25) is 0 Å². The van der Waals surface area contributed by atoms with Gasteiger partial charge in [-0.1, -0.05) is 17.7 Å². The highest BCUT2D eigenvalue weighted by molar-refractivity contribution is 7.92. The van der Waals surface area contributed by atoms with E-state index in [1.165, 1.54) is 12.4 Å². The first-order valence-electron chi connectivity index (χ1n) is 6.33. The number of nitrogens with one attached hydrogen (secondary N) is 1. The summed E-state index contributed by atoms with van der Waals surface area (Å²) >= 11 is 0. The zero-order valence-corrected chi connectivity index (χ0v) is 12.1. The average Bonchev–Trinajstić information content (AvgIpc) is 2.88. The van der Waals surface area contributed by atoms with Crippen LogP contribution in [0.15, 0.2) is 41.6 Å². The molecule has 0 aliphatic carbocycles. The second-order valence-corrected chi connectivity index (χ2v) is 6.24. The van der Waals surface area contributed by atoms with Crippen molar-refractivity contribution in [3.63, 3.8) is 0 Å². The van der Waals surface area contributed by atoms with Crippen LogP contribution in [0.5, 0.6) is 0 Å². The van der Waals surface area contributed by atoms with Crippen LogP contribution in [-0.4, -0.2) is 24.7 Å². The van der Waals surface area contributed by atoms with Gasteiger partial charge in [-0.2, -0.15) is 5.10 Å². The largest absolute Gasteiger partial charge is 0.330 e. The maximum Gasteiger partial charge on any atom is 0.265 e. The minimum Gasteiger partial charge on any atom is -0.330 e. The third kappa shape index (κ3) is 3.58. The number of aryl methyl sites for hydroxylation is 2. The molecule has 0 bridgehead atoms. The molecular weight excluding hydrogens is 276 g/mol.